The van der Waals surface area contributed by atoms with Gasteiger partial charge in [-0.2, -0.15) is 4.99 Å². The minimum absolute atomic E-state index is 0.0679. The van der Waals surface area contributed by atoms with Gasteiger partial charge in [0.1, 0.15) is 5.54 Å². The number of carbonyl (C=O) groups excluding carboxylic acids is 1. The number of benzene rings is 1. The van der Waals surface area contributed by atoms with E-state index in [0.717, 1.165) is 6.42 Å². The lowest BCUT2D eigenvalue weighted by Crippen LogP contribution is -2.33. The summed E-state index contributed by atoms with van der Waals surface area (Å²) in [5.74, 6) is -1.88. The van der Waals surface area contributed by atoms with Crippen molar-refractivity contribution in [1.82, 2.24) is 0 Å². The first kappa shape index (κ1) is 11.4. The van der Waals surface area contributed by atoms with Gasteiger partial charge >= 0.3 is 0 Å². The summed E-state index contributed by atoms with van der Waals surface area (Å²) < 4.78 is 27.1. The maximum atomic E-state index is 13.7. The summed E-state index contributed by atoms with van der Waals surface area (Å²) in [5, 5.41) is 0. The van der Waals surface area contributed by atoms with Gasteiger partial charge in [0.2, 0.25) is 6.08 Å². The van der Waals surface area contributed by atoms with Crippen molar-refractivity contribution in [2.45, 2.75) is 24.8 Å². The summed E-state index contributed by atoms with van der Waals surface area (Å²) >= 11 is 2.90. The summed E-state index contributed by atoms with van der Waals surface area (Å²) in [5.41, 5.74) is -0.754. The van der Waals surface area contributed by atoms with E-state index in [9.17, 15) is 13.6 Å². The Morgan fingerprint density at radius 3 is 2.50 bits per heavy atom. The molecule has 0 N–H and O–H groups in total. The van der Waals surface area contributed by atoms with Crippen LogP contribution in [-0.4, -0.2) is 6.08 Å². The van der Waals surface area contributed by atoms with Crippen LogP contribution in [0, 0.1) is 11.6 Å². The van der Waals surface area contributed by atoms with E-state index >= 15 is 0 Å². The summed E-state index contributed by atoms with van der Waals surface area (Å²) in [4.78, 5) is 14.0. The number of isocyanates is 1. The van der Waals surface area contributed by atoms with E-state index < -0.39 is 17.2 Å². The minimum Gasteiger partial charge on any atom is -0.211 e. The number of aliphatic imine (C=N–C) groups is 1. The molecular weight excluding hydrogens is 280 g/mol. The lowest BCUT2D eigenvalue weighted by molar-refractivity contribution is 0.244. The number of rotatable bonds is 2. The van der Waals surface area contributed by atoms with Crippen molar-refractivity contribution in [1.29, 1.82) is 0 Å². The van der Waals surface area contributed by atoms with Crippen LogP contribution in [0.15, 0.2) is 21.6 Å². The normalized spacial score (nSPS) is 17.4. The van der Waals surface area contributed by atoms with Crippen LogP contribution >= 0.6 is 15.9 Å². The third kappa shape index (κ3) is 1.60. The molecule has 0 atom stereocenters. The van der Waals surface area contributed by atoms with Crippen LogP contribution in [0.4, 0.5) is 8.78 Å². The highest BCUT2D eigenvalue weighted by molar-refractivity contribution is 9.10. The van der Waals surface area contributed by atoms with E-state index in [1.807, 2.05) is 0 Å². The fourth-order valence-electron chi connectivity index (χ4n) is 1.93. The predicted octanol–water partition coefficient (Wildman–Crippen LogP) is 3.44. The van der Waals surface area contributed by atoms with E-state index in [4.69, 9.17) is 0 Å². The third-order valence-electron chi connectivity index (χ3n) is 2.98. The summed E-state index contributed by atoms with van der Waals surface area (Å²) in [6.45, 7) is 0. The number of nitrogens with zero attached hydrogens (tertiary/aromatic N) is 1. The van der Waals surface area contributed by atoms with Crippen molar-refractivity contribution in [2.75, 3.05) is 0 Å². The number of hydrogen-bond acceptors (Lipinski definition) is 2. The van der Waals surface area contributed by atoms with Crippen molar-refractivity contribution < 1.29 is 13.6 Å². The Morgan fingerprint density at radius 2 is 2.00 bits per heavy atom. The van der Waals surface area contributed by atoms with Crippen LogP contribution in [-0.2, 0) is 10.3 Å². The molecule has 0 radical (unpaired) electrons. The monoisotopic (exact) mass is 287 g/mol. The smallest absolute Gasteiger partial charge is 0.211 e. The van der Waals surface area contributed by atoms with Crippen molar-refractivity contribution in [3.8, 4) is 0 Å². The van der Waals surface area contributed by atoms with Gasteiger partial charge in [0.05, 0.1) is 4.47 Å². The molecule has 1 aliphatic carbocycles. The first-order chi connectivity index (χ1) is 7.60. The van der Waals surface area contributed by atoms with Gasteiger partial charge < -0.3 is 0 Å². The Labute approximate surface area is 99.5 Å². The fraction of sp³-hybridized carbons (Fsp3) is 0.364. The van der Waals surface area contributed by atoms with Gasteiger partial charge in [-0.1, -0.05) is 6.07 Å². The molecule has 0 amide bonds. The maximum absolute atomic E-state index is 13.7. The van der Waals surface area contributed by atoms with Crippen LogP contribution in [0.2, 0.25) is 0 Å². The fourth-order valence-corrected chi connectivity index (χ4v) is 2.23. The lowest BCUT2D eigenvalue weighted by atomic mass is 9.72. The van der Waals surface area contributed by atoms with E-state index in [1.54, 1.807) is 0 Å². The molecule has 1 aromatic carbocycles. The molecule has 0 heterocycles. The number of halogens is 3. The molecule has 1 saturated carbocycles. The average Bonchev–Trinajstić information content (AvgIpc) is 2.21. The highest BCUT2D eigenvalue weighted by Crippen LogP contribution is 2.46. The van der Waals surface area contributed by atoms with Gasteiger partial charge in [0, 0.05) is 5.56 Å². The second-order valence-electron chi connectivity index (χ2n) is 3.81. The zero-order chi connectivity index (χ0) is 11.8. The first-order valence-corrected chi connectivity index (χ1v) is 5.63. The van der Waals surface area contributed by atoms with E-state index in [2.05, 4.69) is 20.9 Å². The Hall–Kier alpha value is -1.06. The molecule has 1 fully saturated rings. The molecule has 1 aliphatic rings. The van der Waals surface area contributed by atoms with Gasteiger partial charge in [0.15, 0.2) is 11.6 Å². The summed E-state index contributed by atoms with van der Waals surface area (Å²) in [7, 11) is 0. The van der Waals surface area contributed by atoms with Crippen molar-refractivity contribution in [3.63, 3.8) is 0 Å². The first-order valence-electron chi connectivity index (χ1n) is 4.84. The molecule has 0 aromatic heterocycles. The molecule has 2 nitrogen and oxygen atoms in total. The van der Waals surface area contributed by atoms with Crippen LogP contribution in [0.25, 0.3) is 0 Å². The van der Waals surface area contributed by atoms with E-state index in [-0.39, 0.29) is 10.0 Å². The standard InChI is InChI=1S/C11H8BrF2NO/c12-8-3-2-7(9(13)10(8)14)11(15-6-16)4-1-5-11/h2-3H,1,4-5H2. The lowest BCUT2D eigenvalue weighted by Gasteiger charge is -2.37. The molecule has 0 spiro atoms. The Kier molecular flexibility index (Phi) is 2.91. The molecule has 0 unspecified atom stereocenters. The largest absolute Gasteiger partial charge is 0.235 e. The van der Waals surface area contributed by atoms with Crippen molar-refractivity contribution >= 4 is 22.0 Å². The van der Waals surface area contributed by atoms with E-state index in [0.29, 0.717) is 12.8 Å². The molecule has 0 bridgehead atoms. The van der Waals surface area contributed by atoms with Crippen LogP contribution in [0.5, 0.6) is 0 Å². The van der Waals surface area contributed by atoms with Crippen LogP contribution in [0.3, 0.4) is 0 Å². The second kappa shape index (κ2) is 4.07. The predicted molar refractivity (Wildman–Crippen MR) is 57.7 cm³/mol. The topological polar surface area (TPSA) is 29.4 Å². The molecule has 5 heteroatoms. The van der Waals surface area contributed by atoms with E-state index in [1.165, 1.54) is 18.2 Å². The third-order valence-corrected chi connectivity index (χ3v) is 3.59. The molecule has 1 aromatic rings. The van der Waals surface area contributed by atoms with Gasteiger partial charge in [-0.3, -0.25) is 0 Å². The second-order valence-corrected chi connectivity index (χ2v) is 4.67. The van der Waals surface area contributed by atoms with Crippen molar-refractivity contribution in [2.24, 2.45) is 4.99 Å². The molecule has 84 valence electrons. The zero-order valence-corrected chi connectivity index (χ0v) is 9.85. The number of hydrogen-bond donors (Lipinski definition) is 0. The highest BCUT2D eigenvalue weighted by Gasteiger charge is 2.41. The highest BCUT2D eigenvalue weighted by atomic mass is 79.9. The average molecular weight is 288 g/mol. The molecule has 16 heavy (non-hydrogen) atoms. The Morgan fingerprint density at radius 1 is 1.31 bits per heavy atom. The molecular formula is C11H8BrF2NO. The molecule has 0 aliphatic heterocycles. The van der Waals surface area contributed by atoms with Crippen LogP contribution < -0.4 is 0 Å². The zero-order valence-electron chi connectivity index (χ0n) is 8.27. The quantitative estimate of drug-likeness (QED) is 0.465. The summed E-state index contributed by atoms with van der Waals surface area (Å²) in [6.07, 6.45) is 3.41. The SMILES string of the molecule is O=C=NC1(c2ccc(Br)c(F)c2F)CCC1. The van der Waals surface area contributed by atoms with Gasteiger partial charge in [-0.15, -0.1) is 0 Å². The van der Waals surface area contributed by atoms with Gasteiger partial charge in [-0.05, 0) is 41.3 Å². The van der Waals surface area contributed by atoms with Crippen molar-refractivity contribution in [3.05, 3.63) is 33.8 Å². The molecule has 0 saturated heterocycles. The Bertz CT molecular complexity index is 479. The van der Waals surface area contributed by atoms with Gasteiger partial charge in [-0.25, -0.2) is 13.6 Å². The maximum Gasteiger partial charge on any atom is 0.235 e. The Balaban J connectivity index is 2.55. The minimum atomic E-state index is -0.940. The summed E-state index contributed by atoms with van der Waals surface area (Å²) in [6, 6.07) is 2.89. The van der Waals surface area contributed by atoms with Gasteiger partial charge in [0.25, 0.3) is 0 Å². The van der Waals surface area contributed by atoms with Crippen LogP contribution in [0.1, 0.15) is 24.8 Å². The molecule has 2 rings (SSSR count).